The fraction of sp³-hybridized carbons (Fsp3) is 0.269. The van der Waals surface area contributed by atoms with E-state index >= 15 is 8.78 Å². The summed E-state index contributed by atoms with van der Waals surface area (Å²) in [7, 11) is -3.96. The van der Waals surface area contributed by atoms with Crippen LogP contribution in [0.3, 0.4) is 0 Å². The quantitative estimate of drug-likeness (QED) is 0.340. The summed E-state index contributed by atoms with van der Waals surface area (Å²) in [5.74, 6) is -3.98. The SMILES string of the molecule is [2H]C([2H])([2H])n1nc([C@H]2C[C@@H]2c2cc(C)n(-c3c(C)cnc(-c4cccc(S(C)(=O)=O)c4F)c3F)c(=O)c2Cl)cc1F. The number of rotatable bonds is 5. The van der Waals surface area contributed by atoms with Gasteiger partial charge in [-0.05, 0) is 55.5 Å². The molecule has 0 radical (unpaired) electrons. The van der Waals surface area contributed by atoms with Gasteiger partial charge in [-0.25, -0.2) is 21.9 Å². The van der Waals surface area contributed by atoms with Gasteiger partial charge in [-0.1, -0.05) is 17.7 Å². The Morgan fingerprint density at radius 3 is 2.53 bits per heavy atom. The lowest BCUT2D eigenvalue weighted by Gasteiger charge is -2.18. The van der Waals surface area contributed by atoms with Crippen molar-refractivity contribution < 1.29 is 25.7 Å². The van der Waals surface area contributed by atoms with Crippen LogP contribution in [0.2, 0.25) is 5.02 Å². The van der Waals surface area contributed by atoms with Gasteiger partial charge in [-0.15, -0.1) is 0 Å². The summed E-state index contributed by atoms with van der Waals surface area (Å²) in [5.41, 5.74) is -0.756. The number of nitrogens with zero attached hydrogens (tertiary/aromatic N) is 4. The van der Waals surface area contributed by atoms with Crippen molar-refractivity contribution >= 4 is 21.4 Å². The first kappa shape index (κ1) is 22.5. The minimum atomic E-state index is -3.96. The number of benzene rings is 1. The first-order valence-corrected chi connectivity index (χ1v) is 13.6. The second-order valence-electron chi connectivity index (χ2n) is 9.29. The smallest absolute Gasteiger partial charge is 0.274 e. The number of hydrogen-bond acceptors (Lipinski definition) is 5. The summed E-state index contributed by atoms with van der Waals surface area (Å²) in [5, 5.41) is 3.66. The molecule has 2 atom stereocenters. The fourth-order valence-electron chi connectivity index (χ4n) is 4.71. The molecule has 0 spiro atoms. The molecule has 0 N–H and O–H groups in total. The molecule has 3 heterocycles. The molecule has 3 aromatic heterocycles. The molecule has 0 bridgehead atoms. The molecule has 1 aliphatic rings. The molecule has 0 unspecified atom stereocenters. The standard InChI is InChI=1S/C26H22ClF3N4O3S/c1-12-11-31-24(14-6-5-7-19(22(14)29)38(4,36)37)23(30)25(12)34-13(2)8-17(21(27)26(34)35)15-9-16(15)18-10-20(28)33(3)32-18/h5-8,10-11,15-16H,9H2,1-4H3/t15-,16-/m0/s1/i3D3. The highest BCUT2D eigenvalue weighted by atomic mass is 35.5. The lowest BCUT2D eigenvalue weighted by Crippen LogP contribution is -2.24. The molecule has 7 nitrogen and oxygen atoms in total. The lowest BCUT2D eigenvalue weighted by atomic mass is 10.1. The van der Waals surface area contributed by atoms with E-state index in [-0.39, 0.29) is 39.5 Å². The number of halogens is 4. The molecule has 1 fully saturated rings. The summed E-state index contributed by atoms with van der Waals surface area (Å²) in [6.45, 7) is 0.256. The average Bonchev–Trinajstić information content (AvgIpc) is 3.55. The van der Waals surface area contributed by atoms with Crippen molar-refractivity contribution in [3.8, 4) is 16.9 Å². The van der Waals surface area contributed by atoms with Crippen LogP contribution in [0.25, 0.3) is 16.9 Å². The summed E-state index contributed by atoms with van der Waals surface area (Å²) in [6.07, 6.45) is 2.50. The lowest BCUT2D eigenvalue weighted by molar-refractivity contribution is 0.503. The molecule has 0 amide bonds. The van der Waals surface area contributed by atoms with Gasteiger partial charge >= 0.3 is 0 Å². The molecule has 12 heteroatoms. The summed E-state index contributed by atoms with van der Waals surface area (Å²) in [4.78, 5) is 16.9. The van der Waals surface area contributed by atoms with E-state index in [1.807, 2.05) is 0 Å². The van der Waals surface area contributed by atoms with Crippen LogP contribution >= 0.6 is 11.6 Å². The van der Waals surface area contributed by atoms with Gasteiger partial charge in [0.25, 0.3) is 5.56 Å². The first-order valence-electron chi connectivity index (χ1n) is 12.8. The van der Waals surface area contributed by atoms with Crippen LogP contribution < -0.4 is 5.56 Å². The topological polar surface area (TPSA) is 86.8 Å². The van der Waals surface area contributed by atoms with E-state index in [9.17, 15) is 17.6 Å². The Balaban J connectivity index is 1.58. The van der Waals surface area contributed by atoms with Crippen LogP contribution in [-0.4, -0.2) is 34.0 Å². The highest BCUT2D eigenvalue weighted by Gasteiger charge is 2.43. The Hall–Kier alpha value is -3.44. The van der Waals surface area contributed by atoms with Gasteiger partial charge in [0.15, 0.2) is 21.5 Å². The molecule has 1 aromatic carbocycles. The second kappa shape index (κ2) is 9.09. The van der Waals surface area contributed by atoms with E-state index in [0.29, 0.717) is 16.7 Å². The maximum Gasteiger partial charge on any atom is 0.274 e. The minimum Gasteiger partial charge on any atom is -0.277 e. The highest BCUT2D eigenvalue weighted by Crippen LogP contribution is 2.55. The zero-order valence-electron chi connectivity index (χ0n) is 23.3. The number of sulfone groups is 1. The Labute approximate surface area is 225 Å². The van der Waals surface area contributed by atoms with Crippen LogP contribution in [0.4, 0.5) is 13.2 Å². The second-order valence-corrected chi connectivity index (χ2v) is 11.7. The van der Waals surface area contributed by atoms with Crippen molar-refractivity contribution in [3.63, 3.8) is 0 Å². The molecule has 5 rings (SSSR count). The predicted octanol–water partition coefficient (Wildman–Crippen LogP) is 5.00. The van der Waals surface area contributed by atoms with Crippen molar-refractivity contribution in [2.75, 3.05) is 6.26 Å². The molecule has 4 aromatic rings. The first-order chi connectivity index (χ1) is 19.0. The van der Waals surface area contributed by atoms with E-state index in [1.165, 1.54) is 25.3 Å². The summed E-state index contributed by atoms with van der Waals surface area (Å²) >= 11 is 6.49. The Bertz CT molecular complexity index is 1910. The number of hydrogen-bond donors (Lipinski definition) is 0. The minimum absolute atomic E-state index is 0.209. The Morgan fingerprint density at radius 1 is 1.13 bits per heavy atom. The maximum atomic E-state index is 16.0. The highest BCUT2D eigenvalue weighted by molar-refractivity contribution is 7.90. The monoisotopic (exact) mass is 565 g/mol. The van der Waals surface area contributed by atoms with E-state index in [2.05, 4.69) is 10.1 Å². The average molecular weight is 566 g/mol. The van der Waals surface area contributed by atoms with E-state index in [1.54, 1.807) is 13.0 Å². The fourth-order valence-corrected chi connectivity index (χ4v) is 5.75. The van der Waals surface area contributed by atoms with Crippen molar-refractivity contribution in [2.24, 2.45) is 6.98 Å². The van der Waals surface area contributed by atoms with Crippen molar-refractivity contribution in [1.82, 2.24) is 19.3 Å². The molecule has 38 heavy (non-hydrogen) atoms. The summed E-state index contributed by atoms with van der Waals surface area (Å²) in [6, 6.07) is 6.12. The van der Waals surface area contributed by atoms with E-state index < -0.39 is 56.1 Å². The number of aromatic nitrogens is 4. The van der Waals surface area contributed by atoms with Gasteiger partial charge in [-0.3, -0.25) is 14.3 Å². The van der Waals surface area contributed by atoms with E-state index in [0.717, 1.165) is 23.0 Å². The van der Waals surface area contributed by atoms with Crippen LogP contribution in [0.5, 0.6) is 0 Å². The molecular formula is C26H22ClF3N4O3S. The van der Waals surface area contributed by atoms with Gasteiger partial charge in [0, 0.05) is 46.8 Å². The van der Waals surface area contributed by atoms with Gasteiger partial charge in [0.05, 0.1) is 11.4 Å². The molecule has 1 aliphatic carbocycles. The van der Waals surface area contributed by atoms with Crippen LogP contribution in [-0.2, 0) is 16.8 Å². The number of pyridine rings is 2. The largest absolute Gasteiger partial charge is 0.277 e. The zero-order chi connectivity index (χ0) is 30.2. The summed E-state index contributed by atoms with van der Waals surface area (Å²) < 4.78 is 92.9. The van der Waals surface area contributed by atoms with Crippen molar-refractivity contribution in [3.05, 3.63) is 92.0 Å². The van der Waals surface area contributed by atoms with Crippen LogP contribution in [0.15, 0.2) is 46.2 Å². The normalized spacial score (nSPS) is 18.7. The third-order valence-corrected chi connectivity index (χ3v) is 8.13. The Morgan fingerprint density at radius 2 is 1.87 bits per heavy atom. The molecule has 0 aliphatic heterocycles. The van der Waals surface area contributed by atoms with E-state index in [4.69, 9.17) is 15.7 Å². The molecule has 198 valence electrons. The van der Waals surface area contributed by atoms with Gasteiger partial charge in [0.2, 0.25) is 5.95 Å². The van der Waals surface area contributed by atoms with Gasteiger partial charge in [-0.2, -0.15) is 9.49 Å². The van der Waals surface area contributed by atoms with Crippen molar-refractivity contribution in [1.29, 1.82) is 0 Å². The van der Waals surface area contributed by atoms with Crippen LogP contribution in [0.1, 0.15) is 44.9 Å². The van der Waals surface area contributed by atoms with Gasteiger partial charge < -0.3 is 0 Å². The van der Waals surface area contributed by atoms with Crippen molar-refractivity contribution in [2.45, 2.75) is 37.0 Å². The van der Waals surface area contributed by atoms with Gasteiger partial charge in [0.1, 0.15) is 15.6 Å². The third-order valence-electron chi connectivity index (χ3n) is 6.63. The third kappa shape index (κ3) is 4.23. The number of aryl methyl sites for hydroxylation is 3. The van der Waals surface area contributed by atoms with Crippen LogP contribution in [0, 0.1) is 31.4 Å². The zero-order valence-corrected chi connectivity index (χ0v) is 21.8. The molecule has 0 saturated heterocycles. The predicted molar refractivity (Wildman–Crippen MR) is 136 cm³/mol. The maximum absolute atomic E-state index is 16.0. The Kier molecular flexibility index (Phi) is 5.39. The molecule has 1 saturated carbocycles. The molecular weight excluding hydrogens is 541 g/mol.